The quantitative estimate of drug-likeness (QED) is 0.487. The van der Waals surface area contributed by atoms with Gasteiger partial charge < -0.3 is 4.90 Å². The van der Waals surface area contributed by atoms with E-state index in [4.69, 9.17) is 11.6 Å². The molecular weight excluding hydrogens is 280 g/mol. The number of nitrogens with zero attached hydrogens (tertiary/aromatic N) is 2. The van der Waals surface area contributed by atoms with E-state index in [0.29, 0.717) is 24.9 Å². The first-order valence-electron chi connectivity index (χ1n) is 6.63. The zero-order chi connectivity index (χ0) is 14.7. The molecule has 6 heteroatoms. The molecule has 5 nitrogen and oxygen atoms in total. The van der Waals surface area contributed by atoms with Crippen molar-refractivity contribution in [3.63, 3.8) is 0 Å². The molecule has 108 valence electrons. The smallest absolute Gasteiger partial charge is 0.282 e. The lowest BCUT2D eigenvalue weighted by atomic mass is 10.1. The summed E-state index contributed by atoms with van der Waals surface area (Å²) in [6.07, 6.45) is 1.79. The van der Waals surface area contributed by atoms with Crippen LogP contribution in [0.4, 0.5) is 5.69 Å². The van der Waals surface area contributed by atoms with E-state index in [0.717, 1.165) is 18.4 Å². The van der Waals surface area contributed by atoms with Crippen molar-refractivity contribution in [1.29, 1.82) is 0 Å². The topological polar surface area (TPSA) is 63.5 Å². The lowest BCUT2D eigenvalue weighted by Gasteiger charge is -2.16. The van der Waals surface area contributed by atoms with Crippen molar-refractivity contribution in [2.24, 2.45) is 5.92 Å². The maximum atomic E-state index is 12.5. The molecule has 0 aliphatic carbocycles. The van der Waals surface area contributed by atoms with Crippen molar-refractivity contribution in [3.8, 4) is 0 Å². The number of aryl methyl sites for hydroxylation is 1. The summed E-state index contributed by atoms with van der Waals surface area (Å²) in [6, 6.07) is 4.64. The Kier molecular flexibility index (Phi) is 4.60. The summed E-state index contributed by atoms with van der Waals surface area (Å²) in [5.74, 6) is 0.731. The molecule has 0 spiro atoms. The Hall–Kier alpha value is -1.62. The number of hydrogen-bond donors (Lipinski definition) is 0. The Morgan fingerprint density at radius 1 is 1.55 bits per heavy atom. The normalized spacial score (nSPS) is 18.3. The Balaban J connectivity index is 2.21. The molecule has 1 unspecified atom stereocenters. The number of alkyl halides is 1. The molecule has 0 bridgehead atoms. The summed E-state index contributed by atoms with van der Waals surface area (Å²) in [5, 5.41) is 11.0. The Bertz CT molecular complexity index is 533. The Morgan fingerprint density at radius 2 is 2.30 bits per heavy atom. The fourth-order valence-electron chi connectivity index (χ4n) is 2.56. The number of carbonyl (C=O) groups is 1. The molecule has 2 rings (SSSR count). The van der Waals surface area contributed by atoms with Crippen LogP contribution in [-0.4, -0.2) is 34.7 Å². The summed E-state index contributed by atoms with van der Waals surface area (Å²) >= 11 is 5.72. The third-order valence-corrected chi connectivity index (χ3v) is 3.89. The number of nitro benzene ring substituents is 1. The first-order chi connectivity index (χ1) is 9.52. The molecule has 0 radical (unpaired) electrons. The van der Waals surface area contributed by atoms with Gasteiger partial charge in [-0.1, -0.05) is 6.07 Å². The predicted octanol–water partition coefficient (Wildman–Crippen LogP) is 2.99. The van der Waals surface area contributed by atoms with Crippen LogP contribution in [0.15, 0.2) is 18.2 Å². The van der Waals surface area contributed by atoms with Crippen LogP contribution in [0.3, 0.4) is 0 Å². The van der Waals surface area contributed by atoms with Crippen molar-refractivity contribution < 1.29 is 9.72 Å². The summed E-state index contributed by atoms with van der Waals surface area (Å²) in [5.41, 5.74) is 0.901. The molecule has 1 aromatic carbocycles. The number of rotatable bonds is 4. The zero-order valence-corrected chi connectivity index (χ0v) is 12.1. The highest BCUT2D eigenvalue weighted by atomic mass is 35.5. The number of halogens is 1. The fraction of sp³-hybridized carbons (Fsp3) is 0.500. The molecule has 0 aromatic heterocycles. The van der Waals surface area contributed by atoms with Crippen molar-refractivity contribution in [2.45, 2.75) is 19.8 Å². The van der Waals surface area contributed by atoms with Gasteiger partial charge in [0.15, 0.2) is 0 Å². The van der Waals surface area contributed by atoms with Gasteiger partial charge in [-0.25, -0.2) is 0 Å². The van der Waals surface area contributed by atoms with Crippen LogP contribution in [0, 0.1) is 23.0 Å². The van der Waals surface area contributed by atoms with Crippen LogP contribution in [0.25, 0.3) is 0 Å². The average molecular weight is 297 g/mol. The van der Waals surface area contributed by atoms with E-state index in [-0.39, 0.29) is 17.2 Å². The van der Waals surface area contributed by atoms with Crippen LogP contribution < -0.4 is 0 Å². The monoisotopic (exact) mass is 296 g/mol. The summed E-state index contributed by atoms with van der Waals surface area (Å²) < 4.78 is 0. The Labute approximate surface area is 122 Å². The molecule has 20 heavy (non-hydrogen) atoms. The molecule has 1 aromatic rings. The van der Waals surface area contributed by atoms with Gasteiger partial charge in [0.1, 0.15) is 5.56 Å². The van der Waals surface area contributed by atoms with Crippen LogP contribution in [0.1, 0.15) is 28.8 Å². The van der Waals surface area contributed by atoms with Crippen molar-refractivity contribution in [3.05, 3.63) is 39.4 Å². The first kappa shape index (κ1) is 14.8. The summed E-state index contributed by atoms with van der Waals surface area (Å²) in [4.78, 5) is 24.7. The second kappa shape index (κ2) is 6.22. The number of likely N-dealkylation sites (tertiary alicyclic amines) is 1. The summed E-state index contributed by atoms with van der Waals surface area (Å²) in [6.45, 7) is 3.10. The highest BCUT2D eigenvalue weighted by Crippen LogP contribution is 2.26. The van der Waals surface area contributed by atoms with Crippen LogP contribution in [0.5, 0.6) is 0 Å². The molecule has 1 atom stereocenters. The van der Waals surface area contributed by atoms with Gasteiger partial charge in [0, 0.05) is 25.0 Å². The molecule has 1 heterocycles. The minimum Gasteiger partial charge on any atom is -0.338 e. The van der Waals surface area contributed by atoms with Crippen LogP contribution >= 0.6 is 11.6 Å². The third-order valence-electron chi connectivity index (χ3n) is 3.67. The highest BCUT2D eigenvalue weighted by Gasteiger charge is 2.30. The molecule has 1 amide bonds. The van der Waals surface area contributed by atoms with Gasteiger partial charge in [-0.05, 0) is 37.3 Å². The van der Waals surface area contributed by atoms with Crippen molar-refractivity contribution in [1.82, 2.24) is 4.90 Å². The molecule has 1 aliphatic heterocycles. The van der Waals surface area contributed by atoms with E-state index < -0.39 is 4.92 Å². The largest absolute Gasteiger partial charge is 0.338 e. The van der Waals surface area contributed by atoms with Gasteiger partial charge >= 0.3 is 0 Å². The molecule has 1 aliphatic rings. The average Bonchev–Trinajstić information content (AvgIpc) is 2.86. The minimum atomic E-state index is -0.501. The number of carbonyl (C=O) groups excluding carboxylic acids is 1. The molecule has 1 fully saturated rings. The van der Waals surface area contributed by atoms with Crippen molar-refractivity contribution in [2.75, 3.05) is 19.0 Å². The van der Waals surface area contributed by atoms with E-state index in [2.05, 4.69) is 0 Å². The highest BCUT2D eigenvalue weighted by molar-refractivity contribution is 6.17. The minimum absolute atomic E-state index is 0.124. The lowest BCUT2D eigenvalue weighted by molar-refractivity contribution is -0.385. The van der Waals surface area contributed by atoms with E-state index in [1.807, 2.05) is 6.92 Å². The molecule has 1 saturated heterocycles. The first-order valence-corrected chi connectivity index (χ1v) is 7.16. The van der Waals surface area contributed by atoms with Gasteiger partial charge in [-0.15, -0.1) is 11.6 Å². The SMILES string of the molecule is Cc1ccc([N+](=O)[O-])c(C(=O)N2CCC(CCCl)C2)c1. The summed E-state index contributed by atoms with van der Waals surface area (Å²) in [7, 11) is 0. The van der Waals surface area contributed by atoms with Gasteiger partial charge in [-0.3, -0.25) is 14.9 Å². The second-order valence-electron chi connectivity index (χ2n) is 5.16. The van der Waals surface area contributed by atoms with E-state index >= 15 is 0 Å². The number of hydrogen-bond acceptors (Lipinski definition) is 3. The van der Waals surface area contributed by atoms with Gasteiger partial charge in [0.2, 0.25) is 0 Å². The van der Waals surface area contributed by atoms with Crippen molar-refractivity contribution >= 4 is 23.2 Å². The Morgan fingerprint density at radius 3 is 2.95 bits per heavy atom. The fourth-order valence-corrected chi connectivity index (χ4v) is 2.87. The van der Waals surface area contributed by atoms with Gasteiger partial charge in [0.25, 0.3) is 11.6 Å². The predicted molar refractivity (Wildman–Crippen MR) is 77.2 cm³/mol. The van der Waals surface area contributed by atoms with E-state index in [1.54, 1.807) is 17.0 Å². The molecular formula is C14H17ClN2O3. The van der Waals surface area contributed by atoms with E-state index in [1.165, 1.54) is 6.07 Å². The number of amides is 1. The van der Waals surface area contributed by atoms with Gasteiger partial charge in [-0.2, -0.15) is 0 Å². The van der Waals surface area contributed by atoms with Crippen LogP contribution in [0.2, 0.25) is 0 Å². The standard InChI is InChI=1S/C14H17ClN2O3/c1-10-2-3-13(17(19)20)12(8-10)14(18)16-7-5-11(9-16)4-6-15/h2-3,8,11H,4-7,9H2,1H3. The van der Waals surface area contributed by atoms with Crippen LogP contribution in [-0.2, 0) is 0 Å². The maximum absolute atomic E-state index is 12.5. The molecule has 0 saturated carbocycles. The zero-order valence-electron chi connectivity index (χ0n) is 11.3. The number of nitro groups is 1. The maximum Gasteiger partial charge on any atom is 0.282 e. The lowest BCUT2D eigenvalue weighted by Crippen LogP contribution is -2.29. The molecule has 0 N–H and O–H groups in total. The number of benzene rings is 1. The van der Waals surface area contributed by atoms with E-state index in [9.17, 15) is 14.9 Å². The van der Waals surface area contributed by atoms with Gasteiger partial charge in [0.05, 0.1) is 4.92 Å². The second-order valence-corrected chi connectivity index (χ2v) is 5.54. The third kappa shape index (κ3) is 3.10.